The van der Waals surface area contributed by atoms with Crippen LogP contribution in [0, 0.1) is 12.0 Å². The zero-order valence-electron chi connectivity index (χ0n) is 15.7. The number of hydrogen-bond donors (Lipinski definition) is 0. The van der Waals surface area contributed by atoms with Gasteiger partial charge in [0.1, 0.15) is 18.0 Å². The molecule has 0 fully saturated rings. The second-order valence-electron chi connectivity index (χ2n) is 7.06. The van der Waals surface area contributed by atoms with Crippen molar-refractivity contribution in [2.45, 2.75) is 40.2 Å². The maximum atomic E-state index is 12.4. The highest BCUT2D eigenvalue weighted by molar-refractivity contribution is 6.03. The highest BCUT2D eigenvalue weighted by Gasteiger charge is 2.43. The highest BCUT2D eigenvalue weighted by Crippen LogP contribution is 2.27. The molecule has 6 heteroatoms. The van der Waals surface area contributed by atoms with Crippen LogP contribution in [0.2, 0.25) is 0 Å². The van der Waals surface area contributed by atoms with Gasteiger partial charge in [-0.2, -0.15) is 0 Å². The Morgan fingerprint density at radius 2 is 1.85 bits per heavy atom. The summed E-state index contributed by atoms with van der Waals surface area (Å²) in [4.78, 5) is 40.0. The lowest BCUT2D eigenvalue weighted by atomic mass is 9.87. The number of esters is 2. The SMILES string of the molecule is [C-]#[N+]c1cc(C=C)ccc1C(=O)OCC(C)(C(C)=O)C(=O)OC(C)(C)C. The van der Waals surface area contributed by atoms with Crippen LogP contribution in [0.5, 0.6) is 0 Å². The normalized spacial score (nSPS) is 13.1. The van der Waals surface area contributed by atoms with Crippen molar-refractivity contribution in [3.63, 3.8) is 0 Å². The average Bonchev–Trinajstić information content (AvgIpc) is 2.56. The van der Waals surface area contributed by atoms with Gasteiger partial charge in [0.2, 0.25) is 5.69 Å². The quantitative estimate of drug-likeness (QED) is 0.437. The minimum absolute atomic E-state index is 0.0562. The molecule has 1 rings (SSSR count). The molecule has 6 nitrogen and oxygen atoms in total. The summed E-state index contributed by atoms with van der Waals surface area (Å²) in [6, 6.07) is 4.58. The van der Waals surface area contributed by atoms with E-state index in [2.05, 4.69) is 11.4 Å². The number of ether oxygens (including phenoxy) is 2. The Morgan fingerprint density at radius 3 is 2.31 bits per heavy atom. The van der Waals surface area contributed by atoms with Crippen molar-refractivity contribution < 1.29 is 23.9 Å². The van der Waals surface area contributed by atoms with E-state index in [0.717, 1.165) is 0 Å². The fourth-order valence-electron chi connectivity index (χ4n) is 1.92. The van der Waals surface area contributed by atoms with E-state index in [-0.39, 0.29) is 11.3 Å². The summed E-state index contributed by atoms with van der Waals surface area (Å²) in [7, 11) is 0. The Labute approximate surface area is 153 Å². The Bertz CT molecular complexity index is 782. The summed E-state index contributed by atoms with van der Waals surface area (Å²) >= 11 is 0. The number of benzene rings is 1. The maximum Gasteiger partial charge on any atom is 0.327 e. The number of rotatable bonds is 6. The zero-order valence-corrected chi connectivity index (χ0v) is 15.7. The Hall–Kier alpha value is -2.94. The van der Waals surface area contributed by atoms with Gasteiger partial charge in [0.05, 0.1) is 12.1 Å². The van der Waals surface area contributed by atoms with Crippen LogP contribution in [0.4, 0.5) is 5.69 Å². The zero-order chi connectivity index (χ0) is 20.1. The number of hydrogen-bond acceptors (Lipinski definition) is 5. The molecule has 0 radical (unpaired) electrons. The van der Waals surface area contributed by atoms with Crippen molar-refractivity contribution in [1.82, 2.24) is 0 Å². The molecular weight excluding hydrogens is 334 g/mol. The average molecular weight is 357 g/mol. The van der Waals surface area contributed by atoms with E-state index < -0.39 is 35.3 Å². The number of carbonyl (C=O) groups is 3. The van der Waals surface area contributed by atoms with Gasteiger partial charge < -0.3 is 9.47 Å². The first-order valence-electron chi connectivity index (χ1n) is 8.00. The van der Waals surface area contributed by atoms with Crippen molar-refractivity contribution in [3.05, 3.63) is 47.3 Å². The molecule has 0 N–H and O–H groups in total. The summed E-state index contributed by atoms with van der Waals surface area (Å²) in [6.45, 7) is 18.0. The molecule has 26 heavy (non-hydrogen) atoms. The Balaban J connectivity index is 3.02. The number of Topliss-reactive ketones (excluding diaryl/α,β-unsaturated/α-hetero) is 1. The molecular formula is C20H23NO5. The van der Waals surface area contributed by atoms with Crippen LogP contribution in [0.15, 0.2) is 24.8 Å². The van der Waals surface area contributed by atoms with E-state index in [4.69, 9.17) is 16.0 Å². The topological polar surface area (TPSA) is 74.0 Å². The van der Waals surface area contributed by atoms with Crippen LogP contribution in [0.3, 0.4) is 0 Å². The molecule has 0 aliphatic rings. The third-order valence-electron chi connectivity index (χ3n) is 3.72. The molecule has 0 bridgehead atoms. The van der Waals surface area contributed by atoms with E-state index in [0.29, 0.717) is 5.56 Å². The van der Waals surface area contributed by atoms with Gasteiger partial charge in [0.15, 0.2) is 5.41 Å². The second-order valence-corrected chi connectivity index (χ2v) is 7.06. The van der Waals surface area contributed by atoms with Crippen LogP contribution in [0.1, 0.15) is 50.5 Å². The molecule has 1 aromatic rings. The van der Waals surface area contributed by atoms with Gasteiger partial charge >= 0.3 is 11.9 Å². The Morgan fingerprint density at radius 1 is 1.23 bits per heavy atom. The van der Waals surface area contributed by atoms with Gasteiger partial charge in [0.25, 0.3) is 0 Å². The van der Waals surface area contributed by atoms with E-state index in [1.165, 1.54) is 26.0 Å². The summed E-state index contributed by atoms with van der Waals surface area (Å²) in [6.07, 6.45) is 1.55. The highest BCUT2D eigenvalue weighted by atomic mass is 16.6. The van der Waals surface area contributed by atoms with Crippen molar-refractivity contribution >= 4 is 29.5 Å². The molecule has 0 saturated heterocycles. The summed E-state index contributed by atoms with van der Waals surface area (Å²) in [5.41, 5.74) is -1.55. The fourth-order valence-corrected chi connectivity index (χ4v) is 1.92. The van der Waals surface area contributed by atoms with Gasteiger partial charge in [-0.1, -0.05) is 24.8 Å². The maximum absolute atomic E-state index is 12.4. The third kappa shape index (κ3) is 5.03. The lowest BCUT2D eigenvalue weighted by molar-refractivity contribution is -0.171. The number of ketones is 1. The lowest BCUT2D eigenvalue weighted by Crippen LogP contribution is -2.44. The lowest BCUT2D eigenvalue weighted by Gasteiger charge is -2.29. The number of nitrogens with zero attached hydrogens (tertiary/aromatic N) is 1. The molecule has 1 unspecified atom stereocenters. The summed E-state index contributed by atoms with van der Waals surface area (Å²) < 4.78 is 10.4. The molecule has 1 aromatic carbocycles. The van der Waals surface area contributed by atoms with Crippen molar-refractivity contribution in [2.24, 2.45) is 5.41 Å². The second kappa shape index (κ2) is 7.96. The first-order valence-corrected chi connectivity index (χ1v) is 8.00. The smallest absolute Gasteiger partial charge is 0.327 e. The monoisotopic (exact) mass is 357 g/mol. The van der Waals surface area contributed by atoms with E-state index in [1.54, 1.807) is 32.9 Å². The molecule has 0 heterocycles. The van der Waals surface area contributed by atoms with E-state index in [9.17, 15) is 14.4 Å². The van der Waals surface area contributed by atoms with Crippen LogP contribution < -0.4 is 0 Å². The van der Waals surface area contributed by atoms with E-state index in [1.807, 2.05) is 0 Å². The molecule has 1 atom stereocenters. The Kier molecular flexibility index (Phi) is 6.46. The molecule has 0 aliphatic carbocycles. The predicted molar refractivity (Wildman–Crippen MR) is 97.7 cm³/mol. The summed E-state index contributed by atoms with van der Waals surface area (Å²) in [5, 5.41) is 0. The molecule has 0 spiro atoms. The van der Waals surface area contributed by atoms with Crippen LogP contribution >= 0.6 is 0 Å². The first kappa shape index (κ1) is 21.1. The van der Waals surface area contributed by atoms with Crippen molar-refractivity contribution in [1.29, 1.82) is 0 Å². The predicted octanol–water partition coefficient (Wildman–Crippen LogP) is 3.97. The van der Waals surface area contributed by atoms with Gasteiger partial charge in [-0.05, 0) is 46.2 Å². The molecule has 0 saturated carbocycles. The van der Waals surface area contributed by atoms with Crippen molar-refractivity contribution in [3.8, 4) is 0 Å². The van der Waals surface area contributed by atoms with Crippen LogP contribution in [0.25, 0.3) is 10.9 Å². The van der Waals surface area contributed by atoms with Gasteiger partial charge in [-0.25, -0.2) is 9.64 Å². The largest absolute Gasteiger partial charge is 0.461 e. The minimum atomic E-state index is -1.62. The molecule has 0 aromatic heterocycles. The van der Waals surface area contributed by atoms with Gasteiger partial charge in [-0.15, -0.1) is 0 Å². The van der Waals surface area contributed by atoms with E-state index >= 15 is 0 Å². The standard InChI is InChI=1S/C20H23NO5/c1-8-14-9-10-15(16(11-14)21-7)17(23)25-12-20(6,13(2)22)18(24)26-19(3,4)5/h8-11H,1,12H2,2-6H3. The van der Waals surface area contributed by atoms with Crippen LogP contribution in [-0.4, -0.2) is 29.9 Å². The summed E-state index contributed by atoms with van der Waals surface area (Å²) in [5.74, 6) is -2.03. The van der Waals surface area contributed by atoms with Crippen LogP contribution in [-0.2, 0) is 19.1 Å². The third-order valence-corrected chi connectivity index (χ3v) is 3.72. The first-order chi connectivity index (χ1) is 11.9. The van der Waals surface area contributed by atoms with Gasteiger partial charge in [0, 0.05) is 0 Å². The fraction of sp³-hybridized carbons (Fsp3) is 0.400. The van der Waals surface area contributed by atoms with Gasteiger partial charge in [-0.3, -0.25) is 9.59 Å². The molecule has 0 amide bonds. The molecule has 0 aliphatic heterocycles. The minimum Gasteiger partial charge on any atom is -0.461 e. The molecule has 138 valence electrons. The van der Waals surface area contributed by atoms with Crippen molar-refractivity contribution in [2.75, 3.05) is 6.61 Å². The number of carbonyl (C=O) groups excluding carboxylic acids is 3.